The normalized spacial score (nSPS) is 11.7. The van der Waals surface area contributed by atoms with Crippen LogP contribution in [0.3, 0.4) is 0 Å². The lowest BCUT2D eigenvalue weighted by Gasteiger charge is -2.21. The summed E-state index contributed by atoms with van der Waals surface area (Å²) in [5.41, 5.74) is 0.830. The standard InChI is InChI=1S/C15H26N4O.HI/c1-5-16-14(19-12-15(2,3)20-4)18-11-9-13-8-6-7-10-17-13;/h6-8,10H,5,9,11-12H2,1-4H3,(H2,16,18,19);1H. The zero-order valence-corrected chi connectivity index (χ0v) is 15.7. The lowest BCUT2D eigenvalue weighted by molar-refractivity contribution is 0.0310. The van der Waals surface area contributed by atoms with Crippen LogP contribution in [0, 0.1) is 0 Å². The van der Waals surface area contributed by atoms with Gasteiger partial charge in [-0.3, -0.25) is 9.98 Å². The minimum atomic E-state index is -0.247. The molecule has 2 N–H and O–H groups in total. The van der Waals surface area contributed by atoms with Gasteiger partial charge < -0.3 is 15.4 Å². The predicted octanol–water partition coefficient (Wildman–Crippen LogP) is 2.22. The van der Waals surface area contributed by atoms with Gasteiger partial charge in [-0.05, 0) is 32.9 Å². The van der Waals surface area contributed by atoms with Crippen LogP contribution in [-0.2, 0) is 11.2 Å². The van der Waals surface area contributed by atoms with E-state index in [0.29, 0.717) is 6.54 Å². The fourth-order valence-corrected chi connectivity index (χ4v) is 1.53. The van der Waals surface area contributed by atoms with Gasteiger partial charge in [-0.2, -0.15) is 0 Å². The first kappa shape index (κ1) is 20.1. The minimum Gasteiger partial charge on any atom is -0.377 e. The molecule has 0 bridgehead atoms. The fraction of sp³-hybridized carbons (Fsp3) is 0.600. The van der Waals surface area contributed by atoms with Crippen LogP contribution in [0.1, 0.15) is 26.5 Å². The van der Waals surface area contributed by atoms with Crippen LogP contribution in [0.4, 0.5) is 0 Å². The highest BCUT2D eigenvalue weighted by molar-refractivity contribution is 14.0. The van der Waals surface area contributed by atoms with Crippen LogP contribution in [-0.4, -0.2) is 43.3 Å². The monoisotopic (exact) mass is 406 g/mol. The van der Waals surface area contributed by atoms with Crippen molar-refractivity contribution in [2.24, 2.45) is 4.99 Å². The van der Waals surface area contributed by atoms with E-state index in [2.05, 4.69) is 27.5 Å². The molecule has 0 aliphatic carbocycles. The summed E-state index contributed by atoms with van der Waals surface area (Å²) in [6, 6.07) is 5.96. The summed E-state index contributed by atoms with van der Waals surface area (Å²) in [6.07, 6.45) is 2.69. The molecule has 0 unspecified atom stereocenters. The molecule has 0 spiro atoms. The number of rotatable bonds is 7. The van der Waals surface area contributed by atoms with E-state index in [9.17, 15) is 0 Å². The number of hydrogen-bond donors (Lipinski definition) is 2. The Hall–Kier alpha value is -0.890. The lowest BCUT2D eigenvalue weighted by atomic mass is 10.1. The Morgan fingerprint density at radius 1 is 1.33 bits per heavy atom. The summed E-state index contributed by atoms with van der Waals surface area (Å²) in [5.74, 6) is 0.813. The largest absolute Gasteiger partial charge is 0.377 e. The highest BCUT2D eigenvalue weighted by Crippen LogP contribution is 2.06. The Morgan fingerprint density at radius 2 is 2.10 bits per heavy atom. The Morgan fingerprint density at radius 3 is 2.67 bits per heavy atom. The van der Waals surface area contributed by atoms with E-state index in [4.69, 9.17) is 4.74 Å². The number of halogens is 1. The van der Waals surface area contributed by atoms with Gasteiger partial charge in [0.05, 0.1) is 12.1 Å². The second kappa shape index (κ2) is 10.8. The summed E-state index contributed by atoms with van der Waals surface area (Å²) in [5, 5.41) is 6.54. The second-order valence-electron chi connectivity index (χ2n) is 5.16. The number of pyridine rings is 1. The number of ether oxygens (including phenoxy) is 1. The number of nitrogens with zero attached hydrogens (tertiary/aromatic N) is 2. The van der Waals surface area contributed by atoms with Crippen LogP contribution in [0.25, 0.3) is 0 Å². The molecule has 0 saturated carbocycles. The van der Waals surface area contributed by atoms with Crippen molar-refractivity contribution in [2.75, 3.05) is 26.7 Å². The molecule has 0 aliphatic rings. The molecule has 1 rings (SSSR count). The molecule has 0 radical (unpaired) electrons. The van der Waals surface area contributed by atoms with Gasteiger partial charge in [-0.25, -0.2) is 0 Å². The first-order valence-corrected chi connectivity index (χ1v) is 7.04. The molecular weight excluding hydrogens is 379 g/mol. The second-order valence-corrected chi connectivity index (χ2v) is 5.16. The van der Waals surface area contributed by atoms with E-state index in [1.54, 1.807) is 7.11 Å². The third-order valence-corrected chi connectivity index (χ3v) is 2.91. The SMILES string of the molecule is CCNC(=NCC(C)(C)OC)NCCc1ccccn1.I. The lowest BCUT2D eigenvalue weighted by Crippen LogP contribution is -2.40. The Labute approximate surface area is 145 Å². The quantitative estimate of drug-likeness (QED) is 0.414. The molecule has 0 fully saturated rings. The van der Waals surface area contributed by atoms with Crippen molar-refractivity contribution in [3.63, 3.8) is 0 Å². The number of guanidine groups is 1. The van der Waals surface area contributed by atoms with Crippen molar-refractivity contribution in [1.29, 1.82) is 0 Å². The Kier molecular flexibility index (Phi) is 10.3. The van der Waals surface area contributed by atoms with Crippen molar-refractivity contribution in [1.82, 2.24) is 15.6 Å². The summed E-state index contributed by atoms with van der Waals surface area (Å²) >= 11 is 0. The number of hydrogen-bond acceptors (Lipinski definition) is 3. The predicted molar refractivity (Wildman–Crippen MR) is 98.4 cm³/mol. The molecule has 0 saturated heterocycles. The Bertz CT molecular complexity index is 409. The first-order chi connectivity index (χ1) is 9.57. The maximum atomic E-state index is 5.37. The fourth-order valence-electron chi connectivity index (χ4n) is 1.53. The summed E-state index contributed by atoms with van der Waals surface area (Å²) in [7, 11) is 1.71. The van der Waals surface area contributed by atoms with E-state index < -0.39 is 0 Å². The minimum absolute atomic E-state index is 0. The number of methoxy groups -OCH3 is 1. The molecule has 0 amide bonds. The highest BCUT2D eigenvalue weighted by atomic mass is 127. The van der Waals surface area contributed by atoms with E-state index in [-0.39, 0.29) is 29.6 Å². The van der Waals surface area contributed by atoms with Crippen LogP contribution in [0.5, 0.6) is 0 Å². The summed E-state index contributed by atoms with van der Waals surface area (Å²) in [6.45, 7) is 8.35. The molecule has 0 aliphatic heterocycles. The van der Waals surface area contributed by atoms with Crippen molar-refractivity contribution >= 4 is 29.9 Å². The maximum absolute atomic E-state index is 5.37. The molecule has 120 valence electrons. The summed E-state index contributed by atoms with van der Waals surface area (Å²) < 4.78 is 5.37. The highest BCUT2D eigenvalue weighted by Gasteiger charge is 2.15. The van der Waals surface area contributed by atoms with E-state index in [1.165, 1.54) is 0 Å². The third kappa shape index (κ3) is 8.87. The van der Waals surface area contributed by atoms with E-state index in [1.807, 2.05) is 38.2 Å². The number of aliphatic imine (C=N–C) groups is 1. The molecule has 1 aromatic rings. The molecule has 5 nitrogen and oxygen atoms in total. The summed E-state index contributed by atoms with van der Waals surface area (Å²) in [4.78, 5) is 8.84. The van der Waals surface area contributed by atoms with E-state index in [0.717, 1.165) is 31.2 Å². The smallest absolute Gasteiger partial charge is 0.191 e. The molecule has 21 heavy (non-hydrogen) atoms. The third-order valence-electron chi connectivity index (χ3n) is 2.91. The molecular formula is C15H27IN4O. The topological polar surface area (TPSA) is 58.5 Å². The zero-order chi connectivity index (χ0) is 14.8. The van der Waals surface area contributed by atoms with Crippen LogP contribution >= 0.6 is 24.0 Å². The van der Waals surface area contributed by atoms with Gasteiger partial charge in [-0.15, -0.1) is 24.0 Å². The molecule has 1 heterocycles. The zero-order valence-electron chi connectivity index (χ0n) is 13.3. The van der Waals surface area contributed by atoms with Crippen molar-refractivity contribution in [3.05, 3.63) is 30.1 Å². The van der Waals surface area contributed by atoms with Crippen LogP contribution in [0.2, 0.25) is 0 Å². The molecule has 0 atom stereocenters. The van der Waals surface area contributed by atoms with Crippen molar-refractivity contribution in [3.8, 4) is 0 Å². The maximum Gasteiger partial charge on any atom is 0.191 e. The van der Waals surface area contributed by atoms with Gasteiger partial charge in [0.15, 0.2) is 5.96 Å². The number of aromatic nitrogens is 1. The van der Waals surface area contributed by atoms with Gasteiger partial charge >= 0.3 is 0 Å². The van der Waals surface area contributed by atoms with Crippen molar-refractivity contribution < 1.29 is 4.74 Å². The number of nitrogens with one attached hydrogen (secondary N) is 2. The van der Waals surface area contributed by atoms with Crippen LogP contribution in [0.15, 0.2) is 29.4 Å². The Balaban J connectivity index is 0.00000400. The average molecular weight is 406 g/mol. The average Bonchev–Trinajstić information content (AvgIpc) is 2.46. The van der Waals surface area contributed by atoms with Gasteiger partial charge in [0.25, 0.3) is 0 Å². The van der Waals surface area contributed by atoms with E-state index >= 15 is 0 Å². The van der Waals surface area contributed by atoms with Gasteiger partial charge in [0, 0.05) is 38.5 Å². The van der Waals surface area contributed by atoms with Crippen LogP contribution < -0.4 is 10.6 Å². The van der Waals surface area contributed by atoms with Gasteiger partial charge in [-0.1, -0.05) is 6.07 Å². The molecule has 6 heteroatoms. The van der Waals surface area contributed by atoms with Gasteiger partial charge in [0.2, 0.25) is 0 Å². The van der Waals surface area contributed by atoms with Gasteiger partial charge in [0.1, 0.15) is 0 Å². The van der Waals surface area contributed by atoms with Crippen molar-refractivity contribution in [2.45, 2.75) is 32.8 Å². The molecule has 1 aromatic heterocycles. The molecule has 0 aromatic carbocycles. The first-order valence-electron chi connectivity index (χ1n) is 7.04.